The molecule has 0 atom stereocenters. The highest BCUT2D eigenvalue weighted by Crippen LogP contribution is 2.19. The maximum atomic E-state index is 6.30. The van der Waals surface area contributed by atoms with Crippen molar-refractivity contribution in [3.63, 3.8) is 0 Å². The summed E-state index contributed by atoms with van der Waals surface area (Å²) in [6.45, 7) is 16.2. The zero-order valence-electron chi connectivity index (χ0n) is 12.2. The van der Waals surface area contributed by atoms with Gasteiger partial charge in [-0.05, 0) is 64.7 Å². The van der Waals surface area contributed by atoms with E-state index in [1.54, 1.807) is 0 Å². The maximum Gasteiger partial charge on any atom is 0.173 e. The van der Waals surface area contributed by atoms with E-state index in [9.17, 15) is 0 Å². The lowest BCUT2D eigenvalue weighted by molar-refractivity contribution is 0.538. The van der Waals surface area contributed by atoms with Gasteiger partial charge < -0.3 is 9.43 Å². The second-order valence-electron chi connectivity index (χ2n) is 6.18. The van der Waals surface area contributed by atoms with Gasteiger partial charge in [0.2, 0.25) is 0 Å². The summed E-state index contributed by atoms with van der Waals surface area (Å²) in [7, 11) is -2.72. The predicted molar refractivity (Wildman–Crippen MR) is 79.1 cm³/mol. The molecule has 0 radical (unpaired) electrons. The molecule has 16 heavy (non-hydrogen) atoms. The Morgan fingerprint density at radius 1 is 0.938 bits per heavy atom. The van der Waals surface area contributed by atoms with Crippen molar-refractivity contribution in [3.8, 4) is 0 Å². The average Bonchev–Trinajstić information content (AvgIpc) is 2.06. The minimum Gasteiger partial charge on any atom is -0.456 e. The molecule has 0 bridgehead atoms. The molecule has 0 aliphatic rings. The quantitative estimate of drug-likeness (QED) is 0.503. The van der Waals surface area contributed by atoms with Gasteiger partial charge in [0, 0.05) is 0 Å². The summed E-state index contributed by atoms with van der Waals surface area (Å²) in [5.41, 5.74) is 0. The molecular weight excluding hydrogens is 230 g/mol. The van der Waals surface area contributed by atoms with Crippen LogP contribution in [-0.4, -0.2) is 29.7 Å². The van der Waals surface area contributed by atoms with Crippen LogP contribution in [0.3, 0.4) is 0 Å². The van der Waals surface area contributed by atoms with Gasteiger partial charge in [-0.3, -0.25) is 0 Å². The van der Waals surface area contributed by atoms with Gasteiger partial charge >= 0.3 is 0 Å². The van der Waals surface area contributed by atoms with Crippen molar-refractivity contribution in [1.29, 1.82) is 0 Å². The van der Waals surface area contributed by atoms with Gasteiger partial charge in [0.25, 0.3) is 0 Å². The third kappa shape index (κ3) is 10.9. The topological polar surface area (TPSA) is 21.3 Å². The lowest BCUT2D eigenvalue weighted by atomic mass is 10.3. The fourth-order valence-corrected chi connectivity index (χ4v) is 10.0. The van der Waals surface area contributed by atoms with E-state index < -0.39 is 16.6 Å². The lowest BCUT2D eigenvalue weighted by Gasteiger charge is -2.31. The fraction of sp³-hybridized carbons (Fsp3) is 1.00. The van der Waals surface area contributed by atoms with E-state index in [1.165, 1.54) is 31.9 Å². The van der Waals surface area contributed by atoms with E-state index in [2.05, 4.69) is 45.0 Å². The molecule has 0 unspecified atom stereocenters. The number of rotatable bonds is 9. The SMILES string of the molecule is CCCCNCCC[Si](C)(C)O[Si](C)(C)C. The number of hydrogen-bond acceptors (Lipinski definition) is 2. The zero-order chi connectivity index (χ0) is 12.7. The Hall–Kier alpha value is 0.354. The lowest BCUT2D eigenvalue weighted by Crippen LogP contribution is -2.42. The Labute approximate surface area is 104 Å². The van der Waals surface area contributed by atoms with Crippen LogP contribution in [0.15, 0.2) is 0 Å². The second kappa shape index (κ2) is 7.64. The molecule has 0 rings (SSSR count). The van der Waals surface area contributed by atoms with Gasteiger partial charge in [-0.25, -0.2) is 0 Å². The van der Waals surface area contributed by atoms with Crippen LogP contribution in [0.5, 0.6) is 0 Å². The molecule has 1 N–H and O–H groups in total. The number of unbranched alkanes of at least 4 members (excludes halogenated alkanes) is 1. The molecule has 0 saturated heterocycles. The molecule has 4 heteroatoms. The Kier molecular flexibility index (Phi) is 7.80. The molecule has 0 aromatic rings. The Morgan fingerprint density at radius 2 is 1.50 bits per heavy atom. The van der Waals surface area contributed by atoms with Crippen LogP contribution in [0, 0.1) is 0 Å². The van der Waals surface area contributed by atoms with Gasteiger partial charge in [0.1, 0.15) is 0 Å². The normalized spacial score (nSPS) is 13.1. The first-order valence-corrected chi connectivity index (χ1v) is 13.2. The van der Waals surface area contributed by atoms with Crippen LogP contribution in [0.2, 0.25) is 38.8 Å². The minimum absolute atomic E-state index is 1.16. The van der Waals surface area contributed by atoms with Gasteiger partial charge in [-0.2, -0.15) is 0 Å². The first kappa shape index (κ1) is 16.4. The van der Waals surface area contributed by atoms with Crippen molar-refractivity contribution < 1.29 is 4.12 Å². The van der Waals surface area contributed by atoms with Crippen LogP contribution in [0.25, 0.3) is 0 Å². The first-order valence-electron chi connectivity index (χ1n) is 6.68. The molecule has 0 aromatic carbocycles. The van der Waals surface area contributed by atoms with Gasteiger partial charge in [-0.15, -0.1) is 0 Å². The summed E-state index contributed by atoms with van der Waals surface area (Å²) >= 11 is 0. The predicted octanol–water partition coefficient (Wildman–Crippen LogP) is 3.82. The smallest absolute Gasteiger partial charge is 0.173 e. The van der Waals surface area contributed by atoms with Gasteiger partial charge in [0.15, 0.2) is 16.6 Å². The van der Waals surface area contributed by atoms with E-state index in [0.29, 0.717) is 0 Å². The van der Waals surface area contributed by atoms with Crippen molar-refractivity contribution in [2.75, 3.05) is 13.1 Å². The van der Waals surface area contributed by atoms with Crippen LogP contribution in [0.1, 0.15) is 26.2 Å². The van der Waals surface area contributed by atoms with E-state index >= 15 is 0 Å². The third-order valence-corrected chi connectivity index (χ3v) is 8.64. The Balaban J connectivity index is 3.58. The highest BCUT2D eigenvalue weighted by Gasteiger charge is 2.28. The van der Waals surface area contributed by atoms with Gasteiger partial charge in [-0.1, -0.05) is 13.3 Å². The number of hydrogen-bond donors (Lipinski definition) is 1. The van der Waals surface area contributed by atoms with Crippen molar-refractivity contribution in [3.05, 3.63) is 0 Å². The zero-order valence-corrected chi connectivity index (χ0v) is 14.2. The number of nitrogens with one attached hydrogen (secondary N) is 1. The molecule has 0 aliphatic carbocycles. The summed E-state index contributed by atoms with van der Waals surface area (Å²) in [4.78, 5) is 0. The Bertz CT molecular complexity index is 178. The third-order valence-electron chi connectivity index (χ3n) is 2.42. The standard InChI is InChI=1S/C12H31NOSi2/c1-7-8-10-13-11-9-12-16(5,6)14-15(2,3)4/h13H,7-12H2,1-6H3. The molecule has 0 fully saturated rings. The highest BCUT2D eigenvalue weighted by atomic mass is 28.4. The molecule has 0 aliphatic heterocycles. The average molecular weight is 262 g/mol. The molecule has 0 aromatic heterocycles. The summed E-state index contributed by atoms with van der Waals surface area (Å²) in [6.07, 6.45) is 3.85. The summed E-state index contributed by atoms with van der Waals surface area (Å²) < 4.78 is 6.30. The van der Waals surface area contributed by atoms with Gasteiger partial charge in [0.05, 0.1) is 0 Å². The molecule has 98 valence electrons. The van der Waals surface area contributed by atoms with Crippen LogP contribution >= 0.6 is 0 Å². The summed E-state index contributed by atoms with van der Waals surface area (Å²) in [6, 6.07) is 1.29. The molecule has 2 nitrogen and oxygen atoms in total. The van der Waals surface area contributed by atoms with Crippen molar-refractivity contribution in [1.82, 2.24) is 5.32 Å². The largest absolute Gasteiger partial charge is 0.456 e. The molecule has 0 amide bonds. The molecule has 0 spiro atoms. The van der Waals surface area contributed by atoms with Crippen LogP contribution < -0.4 is 5.32 Å². The molecule has 0 heterocycles. The molecular formula is C12H31NOSi2. The van der Waals surface area contributed by atoms with E-state index in [-0.39, 0.29) is 0 Å². The van der Waals surface area contributed by atoms with E-state index in [0.717, 1.165) is 6.54 Å². The van der Waals surface area contributed by atoms with Crippen LogP contribution in [0.4, 0.5) is 0 Å². The van der Waals surface area contributed by atoms with Crippen molar-refractivity contribution in [2.45, 2.75) is 65.0 Å². The minimum atomic E-state index is -1.39. The monoisotopic (exact) mass is 261 g/mol. The highest BCUT2D eigenvalue weighted by molar-refractivity contribution is 6.84. The second-order valence-corrected chi connectivity index (χ2v) is 15.2. The van der Waals surface area contributed by atoms with Crippen molar-refractivity contribution >= 4 is 16.6 Å². The van der Waals surface area contributed by atoms with E-state index in [4.69, 9.17) is 4.12 Å². The summed E-state index contributed by atoms with van der Waals surface area (Å²) in [5, 5.41) is 3.50. The maximum absolute atomic E-state index is 6.30. The Morgan fingerprint density at radius 3 is 2.00 bits per heavy atom. The fourth-order valence-electron chi connectivity index (χ4n) is 1.95. The van der Waals surface area contributed by atoms with E-state index in [1.807, 2.05) is 0 Å². The molecule has 0 saturated carbocycles. The first-order chi connectivity index (χ1) is 7.27. The van der Waals surface area contributed by atoms with Crippen molar-refractivity contribution in [2.24, 2.45) is 0 Å². The van der Waals surface area contributed by atoms with Crippen LogP contribution in [-0.2, 0) is 4.12 Å². The summed E-state index contributed by atoms with van der Waals surface area (Å²) in [5.74, 6) is 0.